The van der Waals surface area contributed by atoms with Gasteiger partial charge in [0.25, 0.3) is 0 Å². The standard InChI is InChI=1S/C18H18N4O3S/c1-11-10-26-17-14(11)16(21-6-8-22(9-7-21)18(24)25)19-15(20-17)12-4-2-3-5-13(12)23/h2-5,10,23H,6-9H2,1H3,(H,24,25). The second-order valence-corrected chi connectivity index (χ2v) is 7.10. The Labute approximate surface area is 154 Å². The quantitative estimate of drug-likeness (QED) is 0.720. The average Bonchev–Trinajstić information content (AvgIpc) is 3.02. The molecule has 0 saturated carbocycles. The molecule has 3 heterocycles. The highest BCUT2D eigenvalue weighted by molar-refractivity contribution is 7.17. The molecule has 4 rings (SSSR count). The molecule has 8 heteroatoms. The first-order valence-corrected chi connectivity index (χ1v) is 9.19. The number of thiophene rings is 1. The van der Waals surface area contributed by atoms with Crippen molar-refractivity contribution in [2.45, 2.75) is 6.92 Å². The lowest BCUT2D eigenvalue weighted by Crippen LogP contribution is -2.48. The van der Waals surface area contributed by atoms with Crippen molar-refractivity contribution in [3.05, 3.63) is 35.2 Å². The molecule has 0 bridgehead atoms. The number of fused-ring (bicyclic) bond motifs is 1. The first-order chi connectivity index (χ1) is 12.5. The van der Waals surface area contributed by atoms with Crippen molar-refractivity contribution >= 4 is 33.5 Å². The van der Waals surface area contributed by atoms with Gasteiger partial charge in [-0.15, -0.1) is 11.3 Å². The van der Waals surface area contributed by atoms with Crippen LogP contribution in [0.2, 0.25) is 0 Å². The van der Waals surface area contributed by atoms with Gasteiger partial charge in [-0.1, -0.05) is 12.1 Å². The average molecular weight is 370 g/mol. The van der Waals surface area contributed by atoms with E-state index in [9.17, 15) is 9.90 Å². The molecule has 1 saturated heterocycles. The predicted molar refractivity (Wildman–Crippen MR) is 101 cm³/mol. The number of phenolic OH excluding ortho intramolecular Hbond substituents is 1. The van der Waals surface area contributed by atoms with Crippen LogP contribution in [0.4, 0.5) is 10.6 Å². The molecule has 7 nitrogen and oxygen atoms in total. The first-order valence-electron chi connectivity index (χ1n) is 8.31. The van der Waals surface area contributed by atoms with Crippen LogP contribution in [0.15, 0.2) is 29.6 Å². The zero-order valence-electron chi connectivity index (χ0n) is 14.2. The minimum absolute atomic E-state index is 0.141. The highest BCUT2D eigenvalue weighted by Crippen LogP contribution is 2.36. The van der Waals surface area contributed by atoms with Crippen molar-refractivity contribution < 1.29 is 15.0 Å². The summed E-state index contributed by atoms with van der Waals surface area (Å²) in [5, 5.41) is 22.4. The number of anilines is 1. The summed E-state index contributed by atoms with van der Waals surface area (Å²) in [6, 6.07) is 7.02. The summed E-state index contributed by atoms with van der Waals surface area (Å²) >= 11 is 1.55. The molecule has 1 amide bonds. The van der Waals surface area contributed by atoms with E-state index in [0.29, 0.717) is 37.6 Å². The maximum absolute atomic E-state index is 11.2. The fourth-order valence-electron chi connectivity index (χ4n) is 3.18. The number of amides is 1. The number of phenols is 1. The van der Waals surface area contributed by atoms with Crippen LogP contribution in [0.3, 0.4) is 0 Å². The number of aromatic nitrogens is 2. The van der Waals surface area contributed by atoms with Gasteiger partial charge in [-0.05, 0) is 30.0 Å². The van der Waals surface area contributed by atoms with E-state index < -0.39 is 6.09 Å². The predicted octanol–water partition coefficient (Wildman–Crippen LogP) is 3.17. The Bertz CT molecular complexity index is 980. The number of para-hydroxylation sites is 1. The molecular formula is C18H18N4O3S. The number of carboxylic acid groups (broad SMARTS) is 1. The summed E-state index contributed by atoms with van der Waals surface area (Å²) in [7, 11) is 0. The molecule has 1 aliphatic heterocycles. The van der Waals surface area contributed by atoms with Gasteiger partial charge in [0.15, 0.2) is 5.82 Å². The molecule has 0 spiro atoms. The zero-order valence-corrected chi connectivity index (χ0v) is 15.0. The molecule has 0 aliphatic carbocycles. The lowest BCUT2D eigenvalue weighted by molar-refractivity contribution is 0.142. The summed E-state index contributed by atoms with van der Waals surface area (Å²) < 4.78 is 0. The third-order valence-corrected chi connectivity index (χ3v) is 5.58. The monoisotopic (exact) mass is 370 g/mol. The van der Waals surface area contributed by atoms with Gasteiger partial charge < -0.3 is 20.0 Å². The van der Waals surface area contributed by atoms with Gasteiger partial charge in [-0.3, -0.25) is 0 Å². The number of nitrogens with zero attached hydrogens (tertiary/aromatic N) is 4. The van der Waals surface area contributed by atoms with Crippen LogP contribution in [0.5, 0.6) is 5.75 Å². The second kappa shape index (κ2) is 6.45. The van der Waals surface area contributed by atoms with Crippen LogP contribution in [0.25, 0.3) is 21.6 Å². The highest BCUT2D eigenvalue weighted by Gasteiger charge is 2.25. The topological polar surface area (TPSA) is 89.8 Å². The smallest absolute Gasteiger partial charge is 0.407 e. The minimum Gasteiger partial charge on any atom is -0.507 e. The van der Waals surface area contributed by atoms with E-state index in [1.807, 2.05) is 18.4 Å². The van der Waals surface area contributed by atoms with Gasteiger partial charge in [-0.2, -0.15) is 0 Å². The zero-order chi connectivity index (χ0) is 18.3. The van der Waals surface area contributed by atoms with E-state index in [2.05, 4.69) is 9.88 Å². The molecule has 26 heavy (non-hydrogen) atoms. The third kappa shape index (κ3) is 2.82. The largest absolute Gasteiger partial charge is 0.507 e. The third-order valence-electron chi connectivity index (χ3n) is 4.59. The Morgan fingerprint density at radius 3 is 2.58 bits per heavy atom. The summed E-state index contributed by atoms with van der Waals surface area (Å²) in [4.78, 5) is 24.9. The summed E-state index contributed by atoms with van der Waals surface area (Å²) in [6.45, 7) is 4.06. The Kier molecular flexibility index (Phi) is 4.12. The van der Waals surface area contributed by atoms with Crippen molar-refractivity contribution in [2.24, 2.45) is 0 Å². The van der Waals surface area contributed by atoms with Crippen LogP contribution in [0, 0.1) is 6.92 Å². The van der Waals surface area contributed by atoms with E-state index in [1.54, 1.807) is 29.5 Å². The van der Waals surface area contributed by atoms with Gasteiger partial charge in [0.1, 0.15) is 16.4 Å². The van der Waals surface area contributed by atoms with Crippen LogP contribution < -0.4 is 4.90 Å². The van der Waals surface area contributed by atoms with Crippen molar-refractivity contribution in [1.29, 1.82) is 0 Å². The van der Waals surface area contributed by atoms with Crippen molar-refractivity contribution in [3.63, 3.8) is 0 Å². The van der Waals surface area contributed by atoms with E-state index in [0.717, 1.165) is 21.6 Å². The molecule has 0 unspecified atom stereocenters. The van der Waals surface area contributed by atoms with Gasteiger partial charge in [-0.25, -0.2) is 14.8 Å². The number of rotatable bonds is 2. The van der Waals surface area contributed by atoms with E-state index >= 15 is 0 Å². The number of carbonyl (C=O) groups is 1. The molecule has 0 radical (unpaired) electrons. The molecule has 134 valence electrons. The number of hydrogen-bond donors (Lipinski definition) is 2. The van der Waals surface area contributed by atoms with Crippen LogP contribution in [-0.4, -0.2) is 57.4 Å². The molecule has 1 aromatic carbocycles. The van der Waals surface area contributed by atoms with Crippen LogP contribution in [-0.2, 0) is 0 Å². The highest BCUT2D eigenvalue weighted by atomic mass is 32.1. The number of aryl methyl sites for hydroxylation is 1. The number of aromatic hydroxyl groups is 1. The van der Waals surface area contributed by atoms with E-state index in [4.69, 9.17) is 10.1 Å². The normalized spacial score (nSPS) is 14.8. The van der Waals surface area contributed by atoms with Gasteiger partial charge in [0, 0.05) is 26.2 Å². The van der Waals surface area contributed by atoms with Gasteiger partial charge >= 0.3 is 6.09 Å². The van der Waals surface area contributed by atoms with Gasteiger partial charge in [0.2, 0.25) is 0 Å². The number of piperazine rings is 1. The minimum atomic E-state index is -0.890. The molecule has 1 aliphatic rings. The summed E-state index contributed by atoms with van der Waals surface area (Å²) in [5.41, 5.74) is 1.69. The van der Waals surface area contributed by atoms with Crippen molar-refractivity contribution in [2.75, 3.05) is 31.1 Å². The van der Waals surface area contributed by atoms with Gasteiger partial charge in [0.05, 0.1) is 10.9 Å². The van der Waals surface area contributed by atoms with Crippen molar-refractivity contribution in [3.8, 4) is 17.1 Å². The fraction of sp³-hybridized carbons (Fsp3) is 0.278. The molecular weight excluding hydrogens is 352 g/mol. The lowest BCUT2D eigenvalue weighted by atomic mass is 10.1. The number of hydrogen-bond acceptors (Lipinski definition) is 6. The maximum Gasteiger partial charge on any atom is 0.407 e. The SMILES string of the molecule is Cc1csc2nc(-c3ccccc3O)nc(N3CCN(C(=O)O)CC3)c12. The van der Waals surface area contributed by atoms with Crippen molar-refractivity contribution in [1.82, 2.24) is 14.9 Å². The Morgan fingerprint density at radius 1 is 1.15 bits per heavy atom. The second-order valence-electron chi connectivity index (χ2n) is 6.24. The number of benzene rings is 1. The Morgan fingerprint density at radius 2 is 1.88 bits per heavy atom. The summed E-state index contributed by atoms with van der Waals surface area (Å²) in [5.74, 6) is 1.42. The maximum atomic E-state index is 11.2. The van der Waals surface area contributed by atoms with E-state index in [-0.39, 0.29) is 5.75 Å². The fourth-order valence-corrected chi connectivity index (χ4v) is 4.10. The van der Waals surface area contributed by atoms with Crippen LogP contribution in [0.1, 0.15) is 5.56 Å². The molecule has 1 fully saturated rings. The Balaban J connectivity index is 1.79. The van der Waals surface area contributed by atoms with Crippen LogP contribution >= 0.6 is 11.3 Å². The molecule has 0 atom stereocenters. The Hall–Kier alpha value is -2.87. The molecule has 3 aromatic rings. The molecule has 2 aromatic heterocycles. The van der Waals surface area contributed by atoms with E-state index in [1.165, 1.54) is 4.90 Å². The summed E-state index contributed by atoms with van der Waals surface area (Å²) in [6.07, 6.45) is -0.890. The molecule has 2 N–H and O–H groups in total. The first kappa shape index (κ1) is 16.6. The lowest BCUT2D eigenvalue weighted by Gasteiger charge is -2.34.